The third kappa shape index (κ3) is 5.42. The van der Waals surface area contributed by atoms with Crippen molar-refractivity contribution in [3.8, 4) is 0 Å². The molecule has 0 aliphatic heterocycles. The summed E-state index contributed by atoms with van der Waals surface area (Å²) in [5.41, 5.74) is 1.24. The van der Waals surface area contributed by atoms with Gasteiger partial charge in [0.15, 0.2) is 0 Å². The van der Waals surface area contributed by atoms with Crippen molar-refractivity contribution in [2.45, 2.75) is 56.7 Å². The van der Waals surface area contributed by atoms with Gasteiger partial charge < -0.3 is 21.3 Å². The minimum atomic E-state index is -0.928. The number of nitrogens with one attached hydrogen (secondary N) is 4. The first-order valence-corrected chi connectivity index (χ1v) is 10.9. The molecular formula is C24H28N4O3. The smallest absolute Gasteiger partial charge is 0.315 e. The molecule has 2 saturated carbocycles. The fraction of sp³-hybridized carbons (Fsp3) is 0.375. The Balaban J connectivity index is 1.35. The fourth-order valence-corrected chi connectivity index (χ4v) is 3.88. The molecule has 7 heteroatoms. The Bertz CT molecular complexity index is 933. The van der Waals surface area contributed by atoms with Crippen LogP contribution in [0.25, 0.3) is 0 Å². The zero-order valence-corrected chi connectivity index (χ0v) is 17.4. The average molecular weight is 421 g/mol. The van der Waals surface area contributed by atoms with Gasteiger partial charge in [-0.1, -0.05) is 43.2 Å². The predicted octanol–water partition coefficient (Wildman–Crippen LogP) is 3.33. The summed E-state index contributed by atoms with van der Waals surface area (Å²) in [6.45, 7) is 0.398. The molecular weight excluding hydrogens is 392 g/mol. The summed E-state index contributed by atoms with van der Waals surface area (Å²) < 4.78 is 0. The maximum Gasteiger partial charge on any atom is 0.315 e. The van der Waals surface area contributed by atoms with E-state index >= 15 is 0 Å². The highest BCUT2D eigenvalue weighted by Crippen LogP contribution is 2.31. The zero-order valence-electron chi connectivity index (χ0n) is 17.4. The van der Waals surface area contributed by atoms with Crippen LogP contribution in [-0.2, 0) is 11.3 Å². The molecule has 0 saturated heterocycles. The van der Waals surface area contributed by atoms with Crippen LogP contribution in [-0.4, -0.2) is 29.4 Å². The number of rotatable bonds is 7. The maximum absolute atomic E-state index is 13.1. The molecule has 0 atom stereocenters. The lowest BCUT2D eigenvalue weighted by molar-refractivity contribution is -0.121. The minimum Gasteiger partial charge on any atom is -0.349 e. The summed E-state index contributed by atoms with van der Waals surface area (Å²) in [7, 11) is 0. The van der Waals surface area contributed by atoms with Crippen molar-refractivity contribution in [2.24, 2.45) is 0 Å². The molecule has 2 aromatic rings. The average Bonchev–Trinajstić information content (AvgIpc) is 3.47. The van der Waals surface area contributed by atoms with E-state index in [0.717, 1.165) is 31.2 Å². The van der Waals surface area contributed by atoms with E-state index in [1.807, 2.05) is 30.3 Å². The standard InChI is InChI=1S/C24H28N4O3/c29-21(26-19-12-13-19)18-8-10-20(11-9-18)27-22(30)24(14-4-5-15-24)28-23(31)25-16-17-6-2-1-3-7-17/h1-3,6-11,19H,4-5,12-16H2,(H,26,29)(H,27,30)(H2,25,28,31). The van der Waals surface area contributed by atoms with E-state index in [0.29, 0.717) is 36.7 Å². The van der Waals surface area contributed by atoms with E-state index in [1.165, 1.54) is 0 Å². The van der Waals surface area contributed by atoms with Crippen molar-refractivity contribution in [1.82, 2.24) is 16.0 Å². The molecule has 4 amide bonds. The molecule has 0 aromatic heterocycles. The molecule has 4 rings (SSSR count). The van der Waals surface area contributed by atoms with E-state index in [-0.39, 0.29) is 17.8 Å². The van der Waals surface area contributed by atoms with Crippen LogP contribution in [0.4, 0.5) is 10.5 Å². The van der Waals surface area contributed by atoms with Crippen molar-refractivity contribution in [3.05, 3.63) is 65.7 Å². The van der Waals surface area contributed by atoms with Crippen molar-refractivity contribution in [1.29, 1.82) is 0 Å². The van der Waals surface area contributed by atoms with Crippen LogP contribution in [0.15, 0.2) is 54.6 Å². The molecule has 2 aromatic carbocycles. The lowest BCUT2D eigenvalue weighted by Gasteiger charge is -2.29. The van der Waals surface area contributed by atoms with Gasteiger partial charge in [0.05, 0.1) is 0 Å². The molecule has 31 heavy (non-hydrogen) atoms. The third-order valence-electron chi connectivity index (χ3n) is 5.86. The van der Waals surface area contributed by atoms with Crippen LogP contribution < -0.4 is 21.3 Å². The molecule has 2 aliphatic carbocycles. The van der Waals surface area contributed by atoms with Crippen molar-refractivity contribution >= 4 is 23.5 Å². The topological polar surface area (TPSA) is 99.3 Å². The normalized spacial score (nSPS) is 16.9. The van der Waals surface area contributed by atoms with E-state index in [2.05, 4.69) is 21.3 Å². The van der Waals surface area contributed by atoms with Gasteiger partial charge in [0.2, 0.25) is 5.91 Å². The van der Waals surface area contributed by atoms with Gasteiger partial charge in [-0.25, -0.2) is 4.79 Å². The van der Waals surface area contributed by atoms with Crippen LogP contribution in [0.5, 0.6) is 0 Å². The summed E-state index contributed by atoms with van der Waals surface area (Å²) in [5.74, 6) is -0.320. The summed E-state index contributed by atoms with van der Waals surface area (Å²) in [6.07, 6.45) is 5.03. The van der Waals surface area contributed by atoms with Gasteiger partial charge in [0.25, 0.3) is 5.91 Å². The molecule has 0 bridgehead atoms. The van der Waals surface area contributed by atoms with Crippen molar-refractivity contribution < 1.29 is 14.4 Å². The fourth-order valence-electron chi connectivity index (χ4n) is 3.88. The lowest BCUT2D eigenvalue weighted by atomic mass is 9.96. The maximum atomic E-state index is 13.1. The van der Waals surface area contributed by atoms with Gasteiger partial charge in [0.1, 0.15) is 5.54 Å². The third-order valence-corrected chi connectivity index (χ3v) is 5.86. The summed E-state index contributed by atoms with van der Waals surface area (Å²) in [5, 5.41) is 11.6. The first-order chi connectivity index (χ1) is 15.0. The Hall–Kier alpha value is -3.35. The number of carbonyl (C=O) groups excluding carboxylic acids is 3. The van der Waals surface area contributed by atoms with Crippen LogP contribution in [0.1, 0.15) is 54.4 Å². The second-order valence-corrected chi connectivity index (χ2v) is 8.36. The van der Waals surface area contributed by atoms with E-state index < -0.39 is 5.54 Å². The molecule has 162 valence electrons. The number of hydrogen-bond acceptors (Lipinski definition) is 3. The van der Waals surface area contributed by atoms with Crippen LogP contribution in [0.3, 0.4) is 0 Å². The number of urea groups is 1. The number of amides is 4. The monoisotopic (exact) mass is 420 g/mol. The Kier molecular flexibility index (Phi) is 6.21. The minimum absolute atomic E-state index is 0.0932. The number of hydrogen-bond donors (Lipinski definition) is 4. The first kappa shape index (κ1) is 20.9. The number of anilines is 1. The summed E-state index contributed by atoms with van der Waals surface area (Å²) in [6, 6.07) is 16.4. The highest BCUT2D eigenvalue weighted by molar-refractivity contribution is 6.01. The van der Waals surface area contributed by atoms with Crippen LogP contribution in [0, 0.1) is 0 Å². The number of carbonyl (C=O) groups is 3. The van der Waals surface area contributed by atoms with E-state index in [9.17, 15) is 14.4 Å². The highest BCUT2D eigenvalue weighted by atomic mass is 16.2. The van der Waals surface area contributed by atoms with Crippen LogP contribution >= 0.6 is 0 Å². The van der Waals surface area contributed by atoms with E-state index in [4.69, 9.17) is 0 Å². The second-order valence-electron chi connectivity index (χ2n) is 8.36. The van der Waals surface area contributed by atoms with Gasteiger partial charge >= 0.3 is 6.03 Å². The highest BCUT2D eigenvalue weighted by Gasteiger charge is 2.42. The summed E-state index contributed by atoms with van der Waals surface area (Å²) in [4.78, 5) is 37.7. The zero-order chi connectivity index (χ0) is 21.7. The molecule has 0 heterocycles. The van der Waals surface area contributed by atoms with Gasteiger partial charge in [-0.3, -0.25) is 9.59 Å². The summed E-state index contributed by atoms with van der Waals surface area (Å²) >= 11 is 0. The Morgan fingerprint density at radius 3 is 2.23 bits per heavy atom. The Morgan fingerprint density at radius 1 is 0.903 bits per heavy atom. The predicted molar refractivity (Wildman–Crippen MR) is 119 cm³/mol. The molecule has 7 nitrogen and oxygen atoms in total. The molecule has 2 aliphatic rings. The Morgan fingerprint density at radius 2 is 1.58 bits per heavy atom. The van der Waals surface area contributed by atoms with E-state index in [1.54, 1.807) is 24.3 Å². The van der Waals surface area contributed by atoms with Gasteiger partial charge in [-0.05, 0) is 55.5 Å². The molecule has 0 unspecified atom stereocenters. The van der Waals surface area contributed by atoms with Gasteiger partial charge in [-0.15, -0.1) is 0 Å². The second kappa shape index (κ2) is 9.20. The quantitative estimate of drug-likeness (QED) is 0.553. The molecule has 0 spiro atoms. The van der Waals surface area contributed by atoms with Gasteiger partial charge in [0, 0.05) is 23.8 Å². The molecule has 4 N–H and O–H groups in total. The SMILES string of the molecule is O=C(NCc1ccccc1)NC1(C(=O)Nc2ccc(C(=O)NC3CC3)cc2)CCCC1. The lowest BCUT2D eigenvalue weighted by Crippen LogP contribution is -2.57. The van der Waals surface area contributed by atoms with Crippen LogP contribution in [0.2, 0.25) is 0 Å². The van der Waals surface area contributed by atoms with Crippen molar-refractivity contribution in [3.63, 3.8) is 0 Å². The number of benzene rings is 2. The largest absolute Gasteiger partial charge is 0.349 e. The molecule has 2 fully saturated rings. The van der Waals surface area contributed by atoms with Crippen molar-refractivity contribution in [2.75, 3.05) is 5.32 Å². The first-order valence-electron chi connectivity index (χ1n) is 10.9. The molecule has 0 radical (unpaired) electrons. The Labute approximate surface area is 182 Å². The van der Waals surface area contributed by atoms with Gasteiger partial charge in [-0.2, -0.15) is 0 Å².